The lowest BCUT2D eigenvalue weighted by molar-refractivity contribution is 0.00578. The molecule has 2 heterocycles. The third-order valence-corrected chi connectivity index (χ3v) is 11.7. The summed E-state index contributed by atoms with van der Waals surface area (Å²) in [6.07, 6.45) is 0. The molecule has 6 aromatic rings. The minimum Gasteiger partial charge on any atom is -0.399 e. The fourth-order valence-electron chi connectivity index (χ4n) is 7.65. The van der Waals surface area contributed by atoms with E-state index in [0.29, 0.717) is 0 Å². The number of hydrogen-bond donors (Lipinski definition) is 0. The Bertz CT molecular complexity index is 2270. The third kappa shape index (κ3) is 3.73. The summed E-state index contributed by atoms with van der Waals surface area (Å²) < 4.78 is 26.1. The van der Waals surface area contributed by atoms with Crippen molar-refractivity contribution in [1.82, 2.24) is 0 Å². The van der Waals surface area contributed by atoms with Gasteiger partial charge >= 0.3 is 14.2 Å². The van der Waals surface area contributed by atoms with Crippen LogP contribution in [-0.4, -0.2) is 36.6 Å². The van der Waals surface area contributed by atoms with Gasteiger partial charge in [-0.15, -0.1) is 0 Å². The molecule has 6 aromatic carbocycles. The number of fused-ring (bicyclic) bond motifs is 10. The predicted octanol–water partition coefficient (Wildman–Crippen LogP) is 8.55. The van der Waals surface area contributed by atoms with Gasteiger partial charge in [-0.05, 0) is 138 Å². The fraction of sp³-hybridized carbons (Fsp3) is 0.300. The van der Waals surface area contributed by atoms with Crippen LogP contribution >= 0.6 is 0 Å². The molecule has 46 heavy (non-hydrogen) atoms. The summed E-state index contributed by atoms with van der Waals surface area (Å²) in [5.41, 5.74) is 5.57. The van der Waals surface area contributed by atoms with Gasteiger partial charge in [0.15, 0.2) is 0 Å². The summed E-state index contributed by atoms with van der Waals surface area (Å²) in [5.74, 6) is 0. The first-order valence-electron chi connectivity index (χ1n) is 16.5. The lowest BCUT2D eigenvalue weighted by Gasteiger charge is -2.32. The molecule has 228 valence electrons. The summed E-state index contributed by atoms with van der Waals surface area (Å²) in [6, 6.07) is 31.5. The minimum absolute atomic E-state index is 0.420. The van der Waals surface area contributed by atoms with Gasteiger partial charge in [-0.3, -0.25) is 0 Å². The van der Waals surface area contributed by atoms with E-state index in [1.165, 1.54) is 65.3 Å². The van der Waals surface area contributed by atoms with Gasteiger partial charge in [-0.2, -0.15) is 0 Å². The summed E-state index contributed by atoms with van der Waals surface area (Å²) in [4.78, 5) is 0. The smallest absolute Gasteiger partial charge is 0.399 e. The monoisotopic (exact) mass is 604 g/mol. The van der Waals surface area contributed by atoms with Gasteiger partial charge in [0, 0.05) is 0 Å². The maximum absolute atomic E-state index is 6.53. The molecule has 6 heteroatoms. The van der Waals surface area contributed by atoms with E-state index >= 15 is 0 Å². The van der Waals surface area contributed by atoms with Crippen molar-refractivity contribution in [2.24, 2.45) is 0 Å². The van der Waals surface area contributed by atoms with Gasteiger partial charge < -0.3 is 18.6 Å². The first-order chi connectivity index (χ1) is 21.8. The molecule has 2 aliphatic heterocycles. The zero-order chi connectivity index (χ0) is 32.0. The molecule has 1 aliphatic carbocycles. The van der Waals surface area contributed by atoms with E-state index in [1.54, 1.807) is 0 Å². The van der Waals surface area contributed by atoms with E-state index in [4.69, 9.17) is 18.6 Å². The Morgan fingerprint density at radius 3 is 1.41 bits per heavy atom. The number of rotatable bonds is 2. The maximum Gasteiger partial charge on any atom is 0.494 e. The van der Waals surface area contributed by atoms with E-state index in [-0.39, 0.29) is 0 Å². The first-order valence-corrected chi connectivity index (χ1v) is 16.5. The van der Waals surface area contributed by atoms with E-state index in [9.17, 15) is 0 Å². The molecule has 2 saturated heterocycles. The molecule has 0 spiro atoms. The zero-order valence-corrected chi connectivity index (χ0v) is 27.9. The Balaban J connectivity index is 1.36. The molecule has 0 atom stereocenters. The van der Waals surface area contributed by atoms with Crippen molar-refractivity contribution in [3.63, 3.8) is 0 Å². The lowest BCUT2D eigenvalue weighted by Crippen LogP contribution is -2.41. The molecule has 4 nitrogen and oxygen atoms in total. The average molecular weight is 604 g/mol. The van der Waals surface area contributed by atoms with Crippen LogP contribution in [-0.2, 0) is 18.6 Å². The van der Waals surface area contributed by atoms with Gasteiger partial charge in [-0.25, -0.2) is 0 Å². The van der Waals surface area contributed by atoms with Gasteiger partial charge in [0.25, 0.3) is 0 Å². The fourth-order valence-corrected chi connectivity index (χ4v) is 7.65. The summed E-state index contributed by atoms with van der Waals surface area (Å²) in [5, 5.41) is 9.91. The van der Waals surface area contributed by atoms with Crippen LogP contribution in [0.4, 0.5) is 0 Å². The molecule has 0 saturated carbocycles. The SMILES string of the molecule is CC1(C)OB(c2ccc3c(c2)c2cc(B4OC(C)(C)C(C)(C)O4)ccc2c2c4cccc5c4c(cc32)-c2ccccc2-5)OC1(C)C. The van der Waals surface area contributed by atoms with Gasteiger partial charge in [0.05, 0.1) is 22.4 Å². The highest BCUT2D eigenvalue weighted by Gasteiger charge is 2.53. The predicted molar refractivity (Wildman–Crippen MR) is 192 cm³/mol. The Hall–Kier alpha value is -3.67. The van der Waals surface area contributed by atoms with Crippen LogP contribution in [0.1, 0.15) is 55.4 Å². The Morgan fingerprint density at radius 2 is 0.848 bits per heavy atom. The second kappa shape index (κ2) is 9.02. The molecule has 0 radical (unpaired) electrons. The van der Waals surface area contributed by atoms with Crippen LogP contribution in [0, 0.1) is 0 Å². The molecule has 0 bridgehead atoms. The van der Waals surface area contributed by atoms with Crippen LogP contribution in [0.5, 0.6) is 0 Å². The van der Waals surface area contributed by atoms with Gasteiger partial charge in [-0.1, -0.05) is 78.9 Å². The molecule has 0 aromatic heterocycles. The van der Waals surface area contributed by atoms with E-state index < -0.39 is 36.6 Å². The standard InChI is InChI=1S/C40H38B2O4/c1-37(2)38(3,4)44-41(43-37)23-16-18-27-31(20-23)32-21-24(42-45-39(5,6)40(7,8)46-42)17-19-29(32)36-30-15-11-14-28-25-12-9-10-13-26(25)33(35(28)30)22-34(27)36/h9-22H,1-8H3. The number of benzene rings is 6. The zero-order valence-electron chi connectivity index (χ0n) is 27.9. The first kappa shape index (κ1) is 28.5. The van der Waals surface area contributed by atoms with Crippen molar-refractivity contribution in [2.75, 3.05) is 0 Å². The summed E-state index contributed by atoms with van der Waals surface area (Å²) in [6.45, 7) is 16.8. The van der Waals surface area contributed by atoms with Crippen molar-refractivity contribution < 1.29 is 18.6 Å². The van der Waals surface area contributed by atoms with Crippen LogP contribution in [0.3, 0.4) is 0 Å². The minimum atomic E-state index is -0.450. The van der Waals surface area contributed by atoms with Crippen LogP contribution < -0.4 is 10.9 Å². The molecule has 0 unspecified atom stereocenters. The molecular weight excluding hydrogens is 566 g/mol. The quantitative estimate of drug-likeness (QED) is 0.146. The number of hydrogen-bond acceptors (Lipinski definition) is 4. The molecular formula is C40H38B2O4. The molecule has 3 aliphatic rings. The Morgan fingerprint density at radius 1 is 0.370 bits per heavy atom. The molecule has 0 amide bonds. The Labute approximate surface area is 271 Å². The third-order valence-electron chi connectivity index (χ3n) is 11.7. The van der Waals surface area contributed by atoms with Gasteiger partial charge in [0.1, 0.15) is 0 Å². The highest BCUT2D eigenvalue weighted by Crippen LogP contribution is 2.51. The van der Waals surface area contributed by atoms with Crippen molar-refractivity contribution in [1.29, 1.82) is 0 Å². The Kier molecular flexibility index (Phi) is 5.60. The van der Waals surface area contributed by atoms with E-state index in [2.05, 4.69) is 140 Å². The summed E-state index contributed by atoms with van der Waals surface area (Å²) >= 11 is 0. The molecule has 2 fully saturated rings. The largest absolute Gasteiger partial charge is 0.494 e. The van der Waals surface area contributed by atoms with Crippen LogP contribution in [0.25, 0.3) is 65.3 Å². The highest BCUT2D eigenvalue weighted by molar-refractivity contribution is 6.63. The van der Waals surface area contributed by atoms with E-state index in [0.717, 1.165) is 10.9 Å². The van der Waals surface area contributed by atoms with Crippen molar-refractivity contribution in [3.05, 3.63) is 84.9 Å². The van der Waals surface area contributed by atoms with Crippen molar-refractivity contribution in [2.45, 2.75) is 77.8 Å². The van der Waals surface area contributed by atoms with Crippen LogP contribution in [0.15, 0.2) is 84.9 Å². The summed E-state index contributed by atoms with van der Waals surface area (Å²) in [7, 11) is -0.899. The molecule has 9 rings (SSSR count). The van der Waals surface area contributed by atoms with Gasteiger partial charge in [0.2, 0.25) is 0 Å². The normalized spacial score (nSPS) is 20.4. The second-order valence-corrected chi connectivity index (χ2v) is 15.4. The highest BCUT2D eigenvalue weighted by atomic mass is 16.7. The topological polar surface area (TPSA) is 36.9 Å². The average Bonchev–Trinajstić information content (AvgIpc) is 3.54. The maximum atomic E-state index is 6.53. The lowest BCUT2D eigenvalue weighted by atomic mass is 9.75. The van der Waals surface area contributed by atoms with Crippen LogP contribution in [0.2, 0.25) is 0 Å². The molecule has 0 N–H and O–H groups in total. The van der Waals surface area contributed by atoms with Crippen molar-refractivity contribution >= 4 is 68.3 Å². The van der Waals surface area contributed by atoms with Crippen molar-refractivity contribution in [3.8, 4) is 22.3 Å². The van der Waals surface area contributed by atoms with E-state index in [1.807, 2.05) is 0 Å². The second-order valence-electron chi connectivity index (χ2n) is 15.4.